The van der Waals surface area contributed by atoms with Crippen molar-refractivity contribution in [1.82, 2.24) is 5.32 Å². The molecule has 25 heavy (non-hydrogen) atoms. The lowest BCUT2D eigenvalue weighted by atomic mass is 10.0. The minimum Gasteiger partial charge on any atom is -0.484 e. The maximum absolute atomic E-state index is 13.9. The Bertz CT molecular complexity index is 795. The molecule has 0 unspecified atom stereocenters. The van der Waals surface area contributed by atoms with E-state index in [4.69, 9.17) is 10.5 Å². The number of thioether (sulfide) groups is 1. The maximum Gasteiger partial charge on any atom is 0.255 e. The van der Waals surface area contributed by atoms with Gasteiger partial charge >= 0.3 is 0 Å². The second-order valence-corrected chi connectivity index (χ2v) is 6.71. The topological polar surface area (TPSA) is 81.4 Å². The van der Waals surface area contributed by atoms with Crippen molar-refractivity contribution < 1.29 is 18.7 Å². The van der Waals surface area contributed by atoms with Crippen molar-refractivity contribution in [2.24, 2.45) is 5.73 Å². The summed E-state index contributed by atoms with van der Waals surface area (Å²) in [5.41, 5.74) is 6.29. The van der Waals surface area contributed by atoms with Gasteiger partial charge in [0.2, 0.25) is 0 Å². The Hall–Kier alpha value is -2.54. The molecular formula is C18H17FN2O3S. The molecular weight excluding hydrogens is 343 g/mol. The number of benzene rings is 2. The van der Waals surface area contributed by atoms with Crippen molar-refractivity contribution in [3.05, 3.63) is 59.4 Å². The zero-order valence-electron chi connectivity index (χ0n) is 13.3. The van der Waals surface area contributed by atoms with E-state index in [1.165, 1.54) is 17.8 Å². The molecule has 0 saturated heterocycles. The molecule has 1 aliphatic rings. The molecule has 0 aromatic heterocycles. The standard InChI is InChI=1S/C18H17FN2O3S/c19-14-3-1-2-13-15(8-9-25-17(13)14)21-18(23)11-4-6-12(7-5-11)24-10-16(20)22/h1-7,15H,8-10H2,(H2,20,22)(H,21,23)/t15-/m1/s1. The summed E-state index contributed by atoms with van der Waals surface area (Å²) in [6.45, 7) is -0.215. The van der Waals surface area contributed by atoms with Gasteiger partial charge in [0, 0.05) is 16.2 Å². The molecule has 7 heteroatoms. The molecule has 3 N–H and O–H groups in total. The van der Waals surface area contributed by atoms with Crippen molar-refractivity contribution >= 4 is 23.6 Å². The normalized spacial score (nSPS) is 16.0. The highest BCUT2D eigenvalue weighted by atomic mass is 32.2. The Morgan fingerprint density at radius 3 is 2.72 bits per heavy atom. The van der Waals surface area contributed by atoms with E-state index in [0.717, 1.165) is 17.7 Å². The molecule has 0 fully saturated rings. The predicted octanol–water partition coefficient (Wildman–Crippen LogP) is 2.66. The molecule has 1 heterocycles. The number of fused-ring (bicyclic) bond motifs is 1. The second-order valence-electron chi connectivity index (χ2n) is 5.60. The molecule has 1 aliphatic heterocycles. The van der Waals surface area contributed by atoms with E-state index >= 15 is 0 Å². The first-order valence-corrected chi connectivity index (χ1v) is 8.76. The summed E-state index contributed by atoms with van der Waals surface area (Å²) in [7, 11) is 0. The second kappa shape index (κ2) is 7.57. The number of halogens is 1. The molecule has 0 bridgehead atoms. The van der Waals surface area contributed by atoms with Gasteiger partial charge in [0.05, 0.1) is 6.04 Å². The van der Waals surface area contributed by atoms with Gasteiger partial charge in [-0.1, -0.05) is 12.1 Å². The number of primary amides is 1. The fourth-order valence-electron chi connectivity index (χ4n) is 2.64. The lowest BCUT2D eigenvalue weighted by Gasteiger charge is -2.26. The molecule has 3 rings (SSSR count). The summed E-state index contributed by atoms with van der Waals surface area (Å²) < 4.78 is 19.1. The van der Waals surface area contributed by atoms with Crippen LogP contribution in [0.1, 0.15) is 28.4 Å². The number of hydrogen-bond acceptors (Lipinski definition) is 4. The molecule has 2 amide bonds. The van der Waals surface area contributed by atoms with Crippen LogP contribution in [0.15, 0.2) is 47.4 Å². The number of ether oxygens (including phenoxy) is 1. The Kier molecular flexibility index (Phi) is 5.23. The fourth-order valence-corrected chi connectivity index (χ4v) is 3.78. The Balaban J connectivity index is 1.69. The molecule has 0 spiro atoms. The molecule has 0 aliphatic carbocycles. The number of hydrogen-bond donors (Lipinski definition) is 2. The summed E-state index contributed by atoms with van der Waals surface area (Å²) >= 11 is 1.47. The Morgan fingerprint density at radius 1 is 1.24 bits per heavy atom. The zero-order valence-corrected chi connectivity index (χ0v) is 14.1. The summed E-state index contributed by atoms with van der Waals surface area (Å²) in [4.78, 5) is 23.8. The third-order valence-electron chi connectivity index (χ3n) is 3.83. The third kappa shape index (κ3) is 4.11. The van der Waals surface area contributed by atoms with Gasteiger partial charge in [0.1, 0.15) is 11.6 Å². The summed E-state index contributed by atoms with van der Waals surface area (Å²) in [6, 6.07) is 11.1. The Labute approximate surface area is 148 Å². The summed E-state index contributed by atoms with van der Waals surface area (Å²) in [5, 5.41) is 2.95. The van der Waals surface area contributed by atoms with E-state index < -0.39 is 5.91 Å². The number of nitrogens with one attached hydrogen (secondary N) is 1. The molecule has 2 aromatic carbocycles. The summed E-state index contributed by atoms with van der Waals surface area (Å²) in [5.74, 6) is 0.143. The van der Waals surface area contributed by atoms with Gasteiger partial charge < -0.3 is 15.8 Å². The number of rotatable bonds is 5. The molecule has 0 saturated carbocycles. The van der Waals surface area contributed by atoms with Crippen LogP contribution in [-0.4, -0.2) is 24.2 Å². The van der Waals surface area contributed by atoms with Gasteiger partial charge in [0.15, 0.2) is 6.61 Å². The van der Waals surface area contributed by atoms with Gasteiger partial charge in [-0.3, -0.25) is 9.59 Å². The average Bonchev–Trinajstić information content (AvgIpc) is 2.61. The monoisotopic (exact) mass is 360 g/mol. The number of nitrogens with two attached hydrogens (primary N) is 1. The van der Waals surface area contributed by atoms with Crippen molar-refractivity contribution in [2.75, 3.05) is 12.4 Å². The SMILES string of the molecule is NC(=O)COc1ccc(C(=O)N[C@@H]2CCSc3c(F)cccc32)cc1. The molecule has 2 aromatic rings. The molecule has 5 nitrogen and oxygen atoms in total. The molecule has 0 radical (unpaired) electrons. The van der Waals surface area contributed by atoms with Crippen LogP contribution in [0.5, 0.6) is 5.75 Å². The highest BCUT2D eigenvalue weighted by Crippen LogP contribution is 2.37. The smallest absolute Gasteiger partial charge is 0.255 e. The molecule has 130 valence electrons. The van der Waals surface area contributed by atoms with Crippen molar-refractivity contribution in [2.45, 2.75) is 17.4 Å². The van der Waals surface area contributed by atoms with Gasteiger partial charge in [0.25, 0.3) is 11.8 Å². The first kappa shape index (κ1) is 17.3. The Morgan fingerprint density at radius 2 is 2.00 bits per heavy atom. The van der Waals surface area contributed by atoms with E-state index in [9.17, 15) is 14.0 Å². The van der Waals surface area contributed by atoms with Gasteiger partial charge in [-0.05, 0) is 42.3 Å². The highest BCUT2D eigenvalue weighted by Gasteiger charge is 2.24. The zero-order chi connectivity index (χ0) is 17.8. The van der Waals surface area contributed by atoms with E-state index in [-0.39, 0.29) is 24.4 Å². The van der Waals surface area contributed by atoms with Crippen LogP contribution in [0.3, 0.4) is 0 Å². The first-order chi connectivity index (χ1) is 12.0. The van der Waals surface area contributed by atoms with Crippen LogP contribution < -0.4 is 15.8 Å². The number of carbonyl (C=O) groups is 2. The highest BCUT2D eigenvalue weighted by molar-refractivity contribution is 7.99. The van der Waals surface area contributed by atoms with E-state index in [1.807, 2.05) is 6.07 Å². The van der Waals surface area contributed by atoms with Crippen LogP contribution in [0.4, 0.5) is 4.39 Å². The van der Waals surface area contributed by atoms with Crippen LogP contribution >= 0.6 is 11.8 Å². The predicted molar refractivity (Wildman–Crippen MR) is 93.1 cm³/mol. The van der Waals surface area contributed by atoms with Crippen LogP contribution in [0, 0.1) is 5.82 Å². The van der Waals surface area contributed by atoms with Crippen molar-refractivity contribution in [1.29, 1.82) is 0 Å². The van der Waals surface area contributed by atoms with Crippen molar-refractivity contribution in [3.63, 3.8) is 0 Å². The number of carbonyl (C=O) groups excluding carboxylic acids is 2. The minimum atomic E-state index is -0.567. The first-order valence-electron chi connectivity index (χ1n) is 7.78. The van der Waals surface area contributed by atoms with Gasteiger partial charge in [-0.25, -0.2) is 4.39 Å². The quantitative estimate of drug-likeness (QED) is 0.859. The van der Waals surface area contributed by atoms with Gasteiger partial charge in [-0.2, -0.15) is 0 Å². The van der Waals surface area contributed by atoms with Crippen LogP contribution in [0.25, 0.3) is 0 Å². The van der Waals surface area contributed by atoms with E-state index in [0.29, 0.717) is 16.2 Å². The lowest BCUT2D eigenvalue weighted by Crippen LogP contribution is -2.30. The maximum atomic E-state index is 13.9. The summed E-state index contributed by atoms with van der Waals surface area (Å²) in [6.07, 6.45) is 0.743. The minimum absolute atomic E-state index is 0.215. The molecule has 1 atom stereocenters. The largest absolute Gasteiger partial charge is 0.484 e. The lowest BCUT2D eigenvalue weighted by molar-refractivity contribution is -0.119. The van der Waals surface area contributed by atoms with Crippen LogP contribution in [0.2, 0.25) is 0 Å². The van der Waals surface area contributed by atoms with E-state index in [2.05, 4.69) is 5.32 Å². The van der Waals surface area contributed by atoms with Crippen LogP contribution in [-0.2, 0) is 4.79 Å². The van der Waals surface area contributed by atoms with E-state index in [1.54, 1.807) is 30.3 Å². The fraction of sp³-hybridized carbons (Fsp3) is 0.222. The number of amides is 2. The van der Waals surface area contributed by atoms with Crippen molar-refractivity contribution in [3.8, 4) is 5.75 Å². The van der Waals surface area contributed by atoms with Gasteiger partial charge in [-0.15, -0.1) is 11.8 Å². The average molecular weight is 360 g/mol. The third-order valence-corrected chi connectivity index (χ3v) is 4.99.